The molecule has 2 heterocycles. The molecule has 0 fully saturated rings. The molecule has 0 saturated heterocycles. The van der Waals surface area contributed by atoms with Crippen LogP contribution in [0.15, 0.2) is 65.1 Å². The van der Waals surface area contributed by atoms with Crippen LogP contribution in [0.1, 0.15) is 11.3 Å². The molecule has 0 spiro atoms. The summed E-state index contributed by atoms with van der Waals surface area (Å²) in [4.78, 5) is 4.73. The van der Waals surface area contributed by atoms with Gasteiger partial charge in [0, 0.05) is 16.7 Å². The zero-order valence-electron chi connectivity index (χ0n) is 14.6. The van der Waals surface area contributed by atoms with Crippen molar-refractivity contribution in [3.63, 3.8) is 0 Å². The first-order valence-electron chi connectivity index (χ1n) is 8.33. The average molecular weight is 396 g/mol. The van der Waals surface area contributed by atoms with E-state index in [1.54, 1.807) is 30.2 Å². The van der Waals surface area contributed by atoms with Crippen molar-refractivity contribution in [3.8, 4) is 16.3 Å². The molecule has 0 unspecified atom stereocenters. The first kappa shape index (κ1) is 17.7. The van der Waals surface area contributed by atoms with E-state index in [1.165, 1.54) is 5.56 Å². The van der Waals surface area contributed by atoms with Crippen LogP contribution in [-0.4, -0.2) is 32.3 Å². The van der Waals surface area contributed by atoms with Gasteiger partial charge in [-0.25, -0.2) is 9.67 Å². The lowest BCUT2D eigenvalue weighted by Gasteiger charge is -2.03. The monoisotopic (exact) mass is 395 g/mol. The van der Waals surface area contributed by atoms with Crippen molar-refractivity contribution >= 4 is 23.1 Å². The fraction of sp³-hybridized carbons (Fsp3) is 0.158. The van der Waals surface area contributed by atoms with Gasteiger partial charge in [-0.2, -0.15) is 0 Å². The molecule has 0 amide bonds. The van der Waals surface area contributed by atoms with E-state index in [2.05, 4.69) is 33.0 Å². The summed E-state index contributed by atoms with van der Waals surface area (Å²) in [6, 6.07) is 18.1. The number of nitrogens with zero attached hydrogens (tertiary/aromatic N) is 5. The zero-order valence-corrected chi connectivity index (χ0v) is 16.3. The first-order chi connectivity index (χ1) is 13.3. The Labute approximate surface area is 165 Å². The minimum Gasteiger partial charge on any atom is -0.497 e. The van der Waals surface area contributed by atoms with Gasteiger partial charge in [-0.05, 0) is 40.3 Å². The Balaban J connectivity index is 1.41. The number of thiazole rings is 1. The number of hydrogen-bond acceptors (Lipinski definition) is 7. The Kier molecular flexibility index (Phi) is 5.45. The number of ether oxygens (including phenoxy) is 1. The third-order valence-electron chi connectivity index (χ3n) is 3.91. The summed E-state index contributed by atoms with van der Waals surface area (Å²) >= 11 is 3.23. The summed E-state index contributed by atoms with van der Waals surface area (Å²) in [5, 5.41) is 15.9. The van der Waals surface area contributed by atoms with Gasteiger partial charge < -0.3 is 4.74 Å². The molecule has 0 aliphatic rings. The maximum Gasteiger partial charge on any atom is 0.210 e. The fourth-order valence-electron chi connectivity index (χ4n) is 2.53. The number of benzene rings is 2. The van der Waals surface area contributed by atoms with Crippen molar-refractivity contribution in [2.75, 3.05) is 7.11 Å². The maximum absolute atomic E-state index is 5.20. The van der Waals surface area contributed by atoms with Crippen molar-refractivity contribution in [2.24, 2.45) is 0 Å². The molecule has 4 aromatic rings. The molecule has 136 valence electrons. The molecule has 0 radical (unpaired) electrons. The third kappa shape index (κ3) is 4.35. The third-order valence-corrected chi connectivity index (χ3v) is 5.84. The smallest absolute Gasteiger partial charge is 0.210 e. The first-order valence-corrected chi connectivity index (χ1v) is 10.2. The van der Waals surface area contributed by atoms with Crippen molar-refractivity contribution in [2.45, 2.75) is 17.5 Å². The highest BCUT2D eigenvalue weighted by Gasteiger charge is 2.10. The van der Waals surface area contributed by atoms with Crippen molar-refractivity contribution in [3.05, 3.63) is 71.2 Å². The van der Waals surface area contributed by atoms with E-state index in [-0.39, 0.29) is 0 Å². The maximum atomic E-state index is 5.20. The van der Waals surface area contributed by atoms with E-state index < -0.39 is 0 Å². The largest absolute Gasteiger partial charge is 0.497 e. The van der Waals surface area contributed by atoms with Gasteiger partial charge in [0.15, 0.2) is 0 Å². The molecule has 27 heavy (non-hydrogen) atoms. The second-order valence-electron chi connectivity index (χ2n) is 5.77. The summed E-state index contributed by atoms with van der Waals surface area (Å²) in [7, 11) is 1.67. The topological polar surface area (TPSA) is 65.7 Å². The van der Waals surface area contributed by atoms with E-state index in [1.807, 2.05) is 47.1 Å². The minimum absolute atomic E-state index is 0.657. The zero-order chi connectivity index (χ0) is 18.5. The van der Waals surface area contributed by atoms with Gasteiger partial charge in [0.2, 0.25) is 5.16 Å². The van der Waals surface area contributed by atoms with Crippen LogP contribution in [0.5, 0.6) is 5.75 Å². The predicted octanol–water partition coefficient (Wildman–Crippen LogP) is 4.15. The Morgan fingerprint density at radius 3 is 2.67 bits per heavy atom. The molecular weight excluding hydrogens is 378 g/mol. The van der Waals surface area contributed by atoms with E-state index in [0.717, 1.165) is 32.9 Å². The van der Waals surface area contributed by atoms with E-state index in [9.17, 15) is 0 Å². The minimum atomic E-state index is 0.657. The van der Waals surface area contributed by atoms with Gasteiger partial charge in [-0.3, -0.25) is 0 Å². The van der Waals surface area contributed by atoms with Gasteiger partial charge in [0.1, 0.15) is 10.8 Å². The summed E-state index contributed by atoms with van der Waals surface area (Å²) < 4.78 is 7.02. The standard InChI is InChI=1S/C19H17N5OS2/c1-25-17-9-7-15(8-10-17)18-20-16(12-26-18)13-27-19-21-22-23-24(19)11-14-5-3-2-4-6-14/h2-10,12H,11,13H2,1H3. The van der Waals surface area contributed by atoms with Crippen molar-refractivity contribution in [1.82, 2.24) is 25.2 Å². The second-order valence-corrected chi connectivity index (χ2v) is 7.57. The van der Waals surface area contributed by atoms with Crippen LogP contribution < -0.4 is 4.74 Å². The predicted molar refractivity (Wildman–Crippen MR) is 107 cm³/mol. The number of thioether (sulfide) groups is 1. The molecule has 0 aliphatic carbocycles. The normalized spacial score (nSPS) is 10.9. The Bertz CT molecular complexity index is 998. The van der Waals surface area contributed by atoms with E-state index >= 15 is 0 Å². The van der Waals surface area contributed by atoms with E-state index in [4.69, 9.17) is 9.72 Å². The number of rotatable bonds is 7. The van der Waals surface area contributed by atoms with Gasteiger partial charge in [-0.1, -0.05) is 42.1 Å². The highest BCUT2D eigenvalue weighted by molar-refractivity contribution is 7.98. The second kappa shape index (κ2) is 8.32. The van der Waals surface area contributed by atoms with Crippen LogP contribution in [0.25, 0.3) is 10.6 Å². The number of hydrogen-bond donors (Lipinski definition) is 0. The molecule has 4 rings (SSSR count). The Hall–Kier alpha value is -2.71. The molecule has 2 aromatic carbocycles. The number of tetrazole rings is 1. The molecule has 0 N–H and O–H groups in total. The van der Waals surface area contributed by atoms with Crippen molar-refractivity contribution in [1.29, 1.82) is 0 Å². The molecule has 6 nitrogen and oxygen atoms in total. The number of aromatic nitrogens is 5. The van der Waals surface area contributed by atoms with Gasteiger partial charge >= 0.3 is 0 Å². The van der Waals surface area contributed by atoms with E-state index in [0.29, 0.717) is 6.54 Å². The summed E-state index contributed by atoms with van der Waals surface area (Å²) in [6.45, 7) is 0.657. The fourth-order valence-corrected chi connectivity index (χ4v) is 4.23. The lowest BCUT2D eigenvalue weighted by Crippen LogP contribution is -2.03. The van der Waals surface area contributed by atoms with Gasteiger partial charge in [-0.15, -0.1) is 16.4 Å². The average Bonchev–Trinajstić information content (AvgIpc) is 3.37. The molecule has 2 aromatic heterocycles. The van der Waals surface area contributed by atoms with Crippen LogP contribution in [0.2, 0.25) is 0 Å². The molecule has 0 aliphatic heterocycles. The Morgan fingerprint density at radius 2 is 1.89 bits per heavy atom. The summed E-state index contributed by atoms with van der Waals surface area (Å²) in [5.74, 6) is 1.57. The summed E-state index contributed by atoms with van der Waals surface area (Å²) in [5.41, 5.74) is 3.28. The highest BCUT2D eigenvalue weighted by Crippen LogP contribution is 2.28. The quantitative estimate of drug-likeness (QED) is 0.438. The molecule has 8 heteroatoms. The van der Waals surface area contributed by atoms with Crippen LogP contribution in [0.4, 0.5) is 0 Å². The van der Waals surface area contributed by atoms with Crippen LogP contribution in [0.3, 0.4) is 0 Å². The van der Waals surface area contributed by atoms with Crippen LogP contribution in [-0.2, 0) is 12.3 Å². The van der Waals surface area contributed by atoms with Crippen molar-refractivity contribution < 1.29 is 4.74 Å². The molecule has 0 bridgehead atoms. The van der Waals surface area contributed by atoms with Gasteiger partial charge in [0.25, 0.3) is 0 Å². The lowest BCUT2D eigenvalue weighted by molar-refractivity contribution is 0.415. The highest BCUT2D eigenvalue weighted by atomic mass is 32.2. The SMILES string of the molecule is COc1ccc(-c2nc(CSc3nnnn3Cc3ccccc3)cs2)cc1. The lowest BCUT2D eigenvalue weighted by atomic mass is 10.2. The molecule has 0 atom stereocenters. The van der Waals surface area contributed by atoms with Crippen LogP contribution >= 0.6 is 23.1 Å². The number of methoxy groups -OCH3 is 1. The molecular formula is C19H17N5OS2. The Morgan fingerprint density at radius 1 is 1.07 bits per heavy atom. The van der Waals surface area contributed by atoms with Gasteiger partial charge in [0.05, 0.1) is 19.3 Å². The van der Waals surface area contributed by atoms with Crippen LogP contribution in [0, 0.1) is 0 Å². The summed E-state index contributed by atoms with van der Waals surface area (Å²) in [6.07, 6.45) is 0. The molecule has 0 saturated carbocycles.